The lowest BCUT2D eigenvalue weighted by Gasteiger charge is -2.30. The van der Waals surface area contributed by atoms with Crippen molar-refractivity contribution in [2.45, 2.75) is 26.8 Å². The highest BCUT2D eigenvalue weighted by atomic mass is 15.4. The van der Waals surface area contributed by atoms with E-state index in [1.165, 1.54) is 0 Å². The Bertz CT molecular complexity index is 607. The lowest BCUT2D eigenvalue weighted by molar-refractivity contribution is 0.480. The number of aromatic amines is 1. The van der Waals surface area contributed by atoms with Gasteiger partial charge in [-0.25, -0.2) is 0 Å². The molecule has 0 amide bonds. The van der Waals surface area contributed by atoms with E-state index in [9.17, 15) is 0 Å². The van der Waals surface area contributed by atoms with Crippen LogP contribution in [0.3, 0.4) is 0 Å². The van der Waals surface area contributed by atoms with E-state index in [1.54, 1.807) is 0 Å². The van der Waals surface area contributed by atoms with E-state index in [4.69, 9.17) is 0 Å². The Labute approximate surface area is 117 Å². The van der Waals surface area contributed by atoms with Gasteiger partial charge in [0.2, 0.25) is 5.95 Å². The molecule has 1 unspecified atom stereocenters. The molecule has 0 saturated carbocycles. The normalized spacial score (nSPS) is 19.4. The van der Waals surface area contributed by atoms with Gasteiger partial charge in [0.15, 0.2) is 5.82 Å². The Kier molecular flexibility index (Phi) is 3.35. The summed E-state index contributed by atoms with van der Waals surface area (Å²) < 4.78 is 0. The molecule has 7 nitrogen and oxygen atoms in total. The Morgan fingerprint density at radius 1 is 1.30 bits per heavy atom. The van der Waals surface area contributed by atoms with Crippen LogP contribution in [0, 0.1) is 13.8 Å². The Hall–Kier alpha value is -2.02. The number of aromatic nitrogens is 5. The molecule has 3 heterocycles. The standard InChI is InChI=1S/C13H19N7/c1-8-6-11(10(3)17-16-8)12-15-13(19-18-12)20-5-4-14-9(2)7-20/h6,9,14H,4-5,7H2,1-3H3,(H,15,18,19). The van der Waals surface area contributed by atoms with Gasteiger partial charge >= 0.3 is 0 Å². The quantitative estimate of drug-likeness (QED) is 0.837. The summed E-state index contributed by atoms with van der Waals surface area (Å²) in [6.45, 7) is 8.82. The van der Waals surface area contributed by atoms with Crippen LogP contribution in [0.4, 0.5) is 5.95 Å². The molecule has 0 radical (unpaired) electrons. The van der Waals surface area contributed by atoms with Gasteiger partial charge in [0.25, 0.3) is 0 Å². The summed E-state index contributed by atoms with van der Waals surface area (Å²) in [5.41, 5.74) is 2.69. The van der Waals surface area contributed by atoms with Gasteiger partial charge in [-0.05, 0) is 26.8 Å². The van der Waals surface area contributed by atoms with Crippen molar-refractivity contribution in [3.05, 3.63) is 17.5 Å². The van der Waals surface area contributed by atoms with Gasteiger partial charge < -0.3 is 10.2 Å². The first-order valence-electron chi connectivity index (χ1n) is 6.85. The summed E-state index contributed by atoms with van der Waals surface area (Å²) in [6, 6.07) is 2.43. The summed E-state index contributed by atoms with van der Waals surface area (Å²) in [7, 11) is 0. The molecule has 0 aliphatic carbocycles. The van der Waals surface area contributed by atoms with Crippen molar-refractivity contribution >= 4 is 5.95 Å². The van der Waals surface area contributed by atoms with Crippen molar-refractivity contribution in [3.63, 3.8) is 0 Å². The molecule has 2 N–H and O–H groups in total. The fourth-order valence-electron chi connectivity index (χ4n) is 2.42. The van der Waals surface area contributed by atoms with E-state index in [-0.39, 0.29) is 0 Å². The molecule has 3 rings (SSSR count). The van der Waals surface area contributed by atoms with Crippen LogP contribution >= 0.6 is 0 Å². The monoisotopic (exact) mass is 273 g/mol. The molecular weight excluding hydrogens is 254 g/mol. The van der Waals surface area contributed by atoms with E-state index in [0.717, 1.165) is 48.4 Å². The largest absolute Gasteiger partial charge is 0.337 e. The predicted octanol–water partition coefficient (Wildman–Crippen LogP) is 0.677. The number of hydrogen-bond acceptors (Lipinski definition) is 6. The smallest absolute Gasteiger partial charge is 0.245 e. The van der Waals surface area contributed by atoms with Gasteiger partial charge in [-0.15, -0.1) is 5.10 Å². The maximum atomic E-state index is 4.60. The summed E-state index contributed by atoms with van der Waals surface area (Å²) >= 11 is 0. The molecule has 1 atom stereocenters. The maximum absolute atomic E-state index is 4.60. The maximum Gasteiger partial charge on any atom is 0.245 e. The van der Waals surface area contributed by atoms with Crippen LogP contribution in [0.25, 0.3) is 11.4 Å². The zero-order chi connectivity index (χ0) is 14.1. The van der Waals surface area contributed by atoms with Gasteiger partial charge in [-0.3, -0.25) is 5.10 Å². The molecule has 2 aromatic rings. The van der Waals surface area contributed by atoms with Crippen molar-refractivity contribution in [3.8, 4) is 11.4 Å². The number of hydrogen-bond donors (Lipinski definition) is 2. The van der Waals surface area contributed by atoms with E-state index < -0.39 is 0 Å². The zero-order valence-corrected chi connectivity index (χ0v) is 12.0. The molecule has 7 heteroatoms. The molecule has 106 valence electrons. The minimum atomic E-state index is 0.456. The van der Waals surface area contributed by atoms with Crippen molar-refractivity contribution in [2.24, 2.45) is 0 Å². The average Bonchev–Trinajstić information content (AvgIpc) is 2.91. The van der Waals surface area contributed by atoms with E-state index in [2.05, 4.69) is 42.5 Å². The van der Waals surface area contributed by atoms with Crippen LogP contribution < -0.4 is 10.2 Å². The van der Waals surface area contributed by atoms with Crippen LogP contribution in [-0.4, -0.2) is 51.1 Å². The van der Waals surface area contributed by atoms with Crippen molar-refractivity contribution in [1.82, 2.24) is 30.7 Å². The van der Waals surface area contributed by atoms with Gasteiger partial charge in [0, 0.05) is 31.2 Å². The molecule has 1 fully saturated rings. The predicted molar refractivity (Wildman–Crippen MR) is 76.6 cm³/mol. The van der Waals surface area contributed by atoms with Crippen LogP contribution in [0.15, 0.2) is 6.07 Å². The van der Waals surface area contributed by atoms with E-state index >= 15 is 0 Å². The molecule has 1 aliphatic heterocycles. The van der Waals surface area contributed by atoms with Gasteiger partial charge in [-0.2, -0.15) is 15.2 Å². The molecule has 1 aliphatic rings. The van der Waals surface area contributed by atoms with Crippen molar-refractivity contribution in [2.75, 3.05) is 24.5 Å². The second kappa shape index (κ2) is 5.16. The zero-order valence-electron chi connectivity index (χ0n) is 12.0. The van der Waals surface area contributed by atoms with Crippen molar-refractivity contribution in [1.29, 1.82) is 0 Å². The first kappa shape index (κ1) is 13.0. The minimum Gasteiger partial charge on any atom is -0.337 e. The third-order valence-corrected chi connectivity index (χ3v) is 3.48. The van der Waals surface area contributed by atoms with Crippen LogP contribution in [0.5, 0.6) is 0 Å². The Morgan fingerprint density at radius 2 is 2.15 bits per heavy atom. The average molecular weight is 273 g/mol. The summed E-state index contributed by atoms with van der Waals surface area (Å²) in [5, 5.41) is 18.9. The molecule has 0 spiro atoms. The fourth-order valence-corrected chi connectivity index (χ4v) is 2.42. The summed E-state index contributed by atoms with van der Waals surface area (Å²) in [5.74, 6) is 1.50. The van der Waals surface area contributed by atoms with Gasteiger partial charge in [-0.1, -0.05) is 0 Å². The fraction of sp³-hybridized carbons (Fsp3) is 0.538. The minimum absolute atomic E-state index is 0.456. The number of nitrogens with zero attached hydrogens (tertiary/aromatic N) is 5. The lowest BCUT2D eigenvalue weighted by Crippen LogP contribution is -2.49. The number of rotatable bonds is 2. The number of nitrogens with one attached hydrogen (secondary N) is 2. The van der Waals surface area contributed by atoms with Gasteiger partial charge in [0.1, 0.15) is 0 Å². The second-order valence-corrected chi connectivity index (χ2v) is 5.27. The number of anilines is 1. The van der Waals surface area contributed by atoms with Gasteiger partial charge in [0.05, 0.1) is 11.4 Å². The Morgan fingerprint density at radius 3 is 2.95 bits per heavy atom. The third-order valence-electron chi connectivity index (χ3n) is 3.48. The number of H-pyrrole nitrogens is 1. The Balaban J connectivity index is 1.88. The highest BCUT2D eigenvalue weighted by Crippen LogP contribution is 2.20. The number of aryl methyl sites for hydroxylation is 2. The van der Waals surface area contributed by atoms with Crippen LogP contribution in [0.2, 0.25) is 0 Å². The molecule has 1 saturated heterocycles. The summed E-state index contributed by atoms with van der Waals surface area (Å²) in [6.07, 6.45) is 0. The van der Waals surface area contributed by atoms with Crippen molar-refractivity contribution < 1.29 is 0 Å². The molecular formula is C13H19N7. The first-order chi connectivity index (χ1) is 9.63. The highest BCUT2D eigenvalue weighted by molar-refractivity contribution is 5.59. The molecule has 0 bridgehead atoms. The molecule has 20 heavy (non-hydrogen) atoms. The third kappa shape index (κ3) is 2.49. The van der Waals surface area contributed by atoms with E-state index in [0.29, 0.717) is 6.04 Å². The summed E-state index contributed by atoms with van der Waals surface area (Å²) in [4.78, 5) is 6.80. The van der Waals surface area contributed by atoms with E-state index in [1.807, 2.05) is 19.9 Å². The lowest BCUT2D eigenvalue weighted by atomic mass is 10.2. The SMILES string of the molecule is Cc1cc(-c2nc(N3CCNC(C)C3)n[nH]2)c(C)nn1. The van der Waals surface area contributed by atoms with Crippen LogP contribution in [-0.2, 0) is 0 Å². The van der Waals surface area contributed by atoms with Crippen LogP contribution in [0.1, 0.15) is 18.3 Å². The topological polar surface area (TPSA) is 82.6 Å². The molecule has 0 aromatic carbocycles. The second-order valence-electron chi connectivity index (χ2n) is 5.27. The highest BCUT2D eigenvalue weighted by Gasteiger charge is 2.20. The molecule has 2 aromatic heterocycles. The number of piperazine rings is 1. The first-order valence-corrected chi connectivity index (χ1v) is 6.85.